The summed E-state index contributed by atoms with van der Waals surface area (Å²) >= 11 is 0. The zero-order chi connectivity index (χ0) is 14.6. The van der Waals surface area contributed by atoms with Crippen LogP contribution in [0.25, 0.3) is 0 Å². The molecule has 1 aromatic rings. The molecular weight excluding hydrogens is 279 g/mol. The molecule has 5 nitrogen and oxygen atoms in total. The molecule has 1 aromatic carbocycles. The minimum atomic E-state index is -3.09. The molecule has 0 bridgehead atoms. The van der Waals surface area contributed by atoms with Gasteiger partial charge in [-0.3, -0.25) is 9.36 Å². The molecule has 0 N–H and O–H groups in total. The lowest BCUT2D eigenvalue weighted by Crippen LogP contribution is -2.28. The summed E-state index contributed by atoms with van der Waals surface area (Å²) in [6.45, 7) is 1.58. The number of rotatable bonds is 5. The van der Waals surface area contributed by atoms with E-state index in [2.05, 4.69) is 0 Å². The summed E-state index contributed by atoms with van der Waals surface area (Å²) in [5.41, 5.74) is 0.948. The third-order valence-electron chi connectivity index (χ3n) is 2.97. The Morgan fingerprint density at radius 3 is 2.60 bits per heavy atom. The van der Waals surface area contributed by atoms with E-state index < -0.39 is 25.3 Å². The molecule has 0 amide bonds. The van der Waals surface area contributed by atoms with Crippen LogP contribution in [-0.2, 0) is 30.0 Å². The predicted molar refractivity (Wildman–Crippen MR) is 74.3 cm³/mol. The van der Waals surface area contributed by atoms with Gasteiger partial charge in [0.15, 0.2) is 11.9 Å². The van der Waals surface area contributed by atoms with E-state index in [9.17, 15) is 9.36 Å². The molecule has 1 aliphatic heterocycles. The summed E-state index contributed by atoms with van der Waals surface area (Å²) < 4.78 is 28.4. The molecule has 108 valence electrons. The Morgan fingerprint density at radius 2 is 2.00 bits per heavy atom. The van der Waals surface area contributed by atoms with Crippen LogP contribution in [0.1, 0.15) is 12.5 Å². The Morgan fingerprint density at radius 1 is 1.30 bits per heavy atom. The zero-order valence-electron chi connectivity index (χ0n) is 11.4. The Bertz CT molecular complexity index is 540. The number of carbonyl (C=O) groups excluding carboxylic acids is 1. The van der Waals surface area contributed by atoms with Crippen LogP contribution in [0.5, 0.6) is 0 Å². The number of esters is 1. The Hall–Kier alpha value is -1.42. The fraction of sp³-hybridized carbons (Fsp3) is 0.357. The van der Waals surface area contributed by atoms with Crippen LogP contribution in [0.4, 0.5) is 0 Å². The molecule has 6 heteroatoms. The Balaban J connectivity index is 2.08. The number of benzene rings is 1. The van der Waals surface area contributed by atoms with Gasteiger partial charge in [0.1, 0.15) is 0 Å². The minimum Gasteiger partial charge on any atom is -0.455 e. The molecule has 0 radical (unpaired) electrons. The smallest absolute Gasteiger partial charge is 0.303 e. The van der Waals surface area contributed by atoms with E-state index in [-0.39, 0.29) is 6.61 Å². The van der Waals surface area contributed by atoms with Crippen molar-refractivity contribution in [3.05, 3.63) is 47.8 Å². The van der Waals surface area contributed by atoms with Crippen LogP contribution in [0.2, 0.25) is 0 Å². The van der Waals surface area contributed by atoms with Crippen molar-refractivity contribution in [2.75, 3.05) is 7.11 Å². The van der Waals surface area contributed by atoms with E-state index in [0.29, 0.717) is 0 Å². The van der Waals surface area contributed by atoms with Crippen molar-refractivity contribution in [3.8, 4) is 0 Å². The summed E-state index contributed by atoms with van der Waals surface area (Å²) in [7, 11) is -1.73. The number of ether oxygens (including phenoxy) is 2. The topological polar surface area (TPSA) is 61.8 Å². The van der Waals surface area contributed by atoms with Gasteiger partial charge in [0, 0.05) is 19.9 Å². The van der Waals surface area contributed by atoms with Crippen molar-refractivity contribution in [1.29, 1.82) is 0 Å². The summed E-state index contributed by atoms with van der Waals surface area (Å²) in [4.78, 5) is 11.1. The van der Waals surface area contributed by atoms with Crippen molar-refractivity contribution >= 4 is 13.3 Å². The van der Waals surface area contributed by atoms with E-state index >= 15 is 0 Å². The fourth-order valence-electron chi connectivity index (χ4n) is 2.00. The molecule has 0 aromatic heterocycles. The number of carbonyl (C=O) groups is 1. The van der Waals surface area contributed by atoms with Crippen molar-refractivity contribution in [2.45, 2.75) is 25.5 Å². The van der Waals surface area contributed by atoms with Gasteiger partial charge >= 0.3 is 5.97 Å². The molecule has 20 heavy (non-hydrogen) atoms. The van der Waals surface area contributed by atoms with Crippen LogP contribution >= 0.6 is 7.37 Å². The van der Waals surface area contributed by atoms with E-state index in [1.807, 2.05) is 30.3 Å². The van der Waals surface area contributed by atoms with Crippen molar-refractivity contribution in [3.63, 3.8) is 0 Å². The van der Waals surface area contributed by atoms with Gasteiger partial charge in [-0.15, -0.1) is 0 Å². The van der Waals surface area contributed by atoms with E-state index in [0.717, 1.165) is 5.56 Å². The van der Waals surface area contributed by atoms with Gasteiger partial charge in [-0.25, -0.2) is 0 Å². The van der Waals surface area contributed by atoms with E-state index in [4.69, 9.17) is 14.0 Å². The maximum absolute atomic E-state index is 12.5. The molecular formula is C14H17O5P. The van der Waals surface area contributed by atoms with Gasteiger partial charge in [0.05, 0.1) is 6.61 Å². The summed E-state index contributed by atoms with van der Waals surface area (Å²) in [5.74, 6) is 0.199. The van der Waals surface area contributed by atoms with E-state index in [1.54, 1.807) is 6.08 Å². The largest absolute Gasteiger partial charge is 0.455 e. The van der Waals surface area contributed by atoms with Gasteiger partial charge in [-0.1, -0.05) is 30.3 Å². The van der Waals surface area contributed by atoms with Crippen molar-refractivity contribution < 1.29 is 23.4 Å². The molecule has 0 aliphatic carbocycles. The highest BCUT2D eigenvalue weighted by atomic mass is 31.2. The molecule has 0 saturated carbocycles. The summed E-state index contributed by atoms with van der Waals surface area (Å²) in [6.07, 6.45) is 0.878. The Labute approximate surface area is 118 Å². The van der Waals surface area contributed by atoms with Crippen LogP contribution < -0.4 is 0 Å². The molecule has 3 atom stereocenters. The van der Waals surface area contributed by atoms with Crippen molar-refractivity contribution in [2.24, 2.45) is 0 Å². The van der Waals surface area contributed by atoms with Crippen LogP contribution in [-0.4, -0.2) is 25.0 Å². The lowest BCUT2D eigenvalue weighted by Gasteiger charge is -2.24. The third-order valence-corrected chi connectivity index (χ3v) is 5.28. The standard InChI is InChI=1S/C14H17O5P/c1-11(15)19-13-8-9-20(16,17-2)14(13)18-10-12-6-4-3-5-7-12/h3-9,13-14H,10H2,1-2H3/t13-,14+,20?/m1/s1. The molecule has 2 rings (SSSR count). The summed E-state index contributed by atoms with van der Waals surface area (Å²) in [6, 6.07) is 9.50. The molecule has 0 spiro atoms. The minimum absolute atomic E-state index is 0.276. The molecule has 0 fully saturated rings. The second-order valence-electron chi connectivity index (χ2n) is 4.43. The summed E-state index contributed by atoms with van der Waals surface area (Å²) in [5, 5.41) is 0. The predicted octanol–water partition coefficient (Wildman–Crippen LogP) is 2.91. The van der Waals surface area contributed by atoms with Gasteiger partial charge < -0.3 is 14.0 Å². The van der Waals surface area contributed by atoms with Crippen molar-refractivity contribution in [1.82, 2.24) is 0 Å². The second-order valence-corrected chi connectivity index (χ2v) is 6.89. The van der Waals surface area contributed by atoms with E-state index in [1.165, 1.54) is 19.9 Å². The molecule has 1 heterocycles. The maximum Gasteiger partial charge on any atom is 0.303 e. The highest BCUT2D eigenvalue weighted by Crippen LogP contribution is 2.59. The normalized spacial score (nSPS) is 28.5. The maximum atomic E-state index is 12.5. The van der Waals surface area contributed by atoms with Crippen LogP contribution in [0, 0.1) is 0 Å². The molecule has 1 unspecified atom stereocenters. The number of hydrogen-bond acceptors (Lipinski definition) is 5. The monoisotopic (exact) mass is 296 g/mol. The SMILES string of the molecule is COP1(=O)C=C[C@@H](OC(C)=O)[C@H]1OCc1ccccc1. The molecule has 1 aliphatic rings. The second kappa shape index (κ2) is 6.35. The fourth-order valence-corrected chi connectivity index (χ4v) is 3.76. The highest BCUT2D eigenvalue weighted by Gasteiger charge is 2.44. The first kappa shape index (κ1) is 15.0. The average molecular weight is 296 g/mol. The first-order chi connectivity index (χ1) is 9.55. The number of hydrogen-bond donors (Lipinski definition) is 0. The first-order valence-corrected chi connectivity index (χ1v) is 7.99. The van der Waals surface area contributed by atoms with Crippen LogP contribution in [0.3, 0.4) is 0 Å². The average Bonchev–Trinajstić information content (AvgIpc) is 2.74. The Kier molecular flexibility index (Phi) is 4.76. The van der Waals surface area contributed by atoms with Gasteiger partial charge in [-0.05, 0) is 11.6 Å². The third kappa shape index (κ3) is 3.37. The first-order valence-electron chi connectivity index (χ1n) is 6.22. The zero-order valence-corrected chi connectivity index (χ0v) is 12.3. The lowest BCUT2D eigenvalue weighted by atomic mass is 10.2. The van der Waals surface area contributed by atoms with Gasteiger partial charge in [0.25, 0.3) is 7.37 Å². The molecule has 0 saturated heterocycles. The van der Waals surface area contributed by atoms with Crippen LogP contribution in [0.15, 0.2) is 42.2 Å². The van der Waals surface area contributed by atoms with Gasteiger partial charge in [-0.2, -0.15) is 0 Å². The quantitative estimate of drug-likeness (QED) is 0.617. The van der Waals surface area contributed by atoms with Gasteiger partial charge in [0.2, 0.25) is 0 Å². The lowest BCUT2D eigenvalue weighted by molar-refractivity contribution is -0.148. The highest BCUT2D eigenvalue weighted by molar-refractivity contribution is 7.63.